The average molecular weight is 312 g/mol. The van der Waals surface area contributed by atoms with Crippen LogP contribution in [0.2, 0.25) is 5.28 Å². The topological polar surface area (TPSA) is 72.9 Å². The molecular weight excluding hydrogens is 302 g/mol. The molecule has 0 spiro atoms. The Balaban J connectivity index is 1.69. The largest absolute Gasteiger partial charge is 0.322 e. The Bertz CT molecular complexity index is 929. The highest BCUT2D eigenvalue weighted by molar-refractivity contribution is 6.28. The van der Waals surface area contributed by atoms with Crippen molar-refractivity contribution in [3.8, 4) is 5.82 Å². The van der Waals surface area contributed by atoms with Crippen molar-refractivity contribution < 1.29 is 0 Å². The number of anilines is 2. The molecule has 0 aliphatic rings. The van der Waals surface area contributed by atoms with Crippen LogP contribution in [0.3, 0.4) is 0 Å². The van der Waals surface area contributed by atoms with Gasteiger partial charge in [0.1, 0.15) is 23.5 Å². The smallest absolute Gasteiger partial charge is 0.243 e. The van der Waals surface area contributed by atoms with Gasteiger partial charge in [-0.05, 0) is 35.9 Å². The Morgan fingerprint density at radius 3 is 2.91 bits per heavy atom. The predicted octanol–water partition coefficient (Wildman–Crippen LogP) is 2.71. The van der Waals surface area contributed by atoms with Crippen LogP contribution in [-0.2, 0) is 0 Å². The van der Waals surface area contributed by atoms with Crippen molar-refractivity contribution >= 4 is 28.8 Å². The van der Waals surface area contributed by atoms with Gasteiger partial charge in [-0.2, -0.15) is 4.98 Å². The second-order valence-electron chi connectivity index (χ2n) is 4.55. The molecule has 0 aliphatic heterocycles. The van der Waals surface area contributed by atoms with Gasteiger partial charge in [-0.1, -0.05) is 6.07 Å². The minimum atomic E-state index is 0.162. The number of hydrogen-bond donors (Lipinski definition) is 1. The first-order valence-corrected chi connectivity index (χ1v) is 6.91. The van der Waals surface area contributed by atoms with Crippen LogP contribution in [0.25, 0.3) is 11.3 Å². The maximum atomic E-state index is 5.93. The lowest BCUT2D eigenvalue weighted by molar-refractivity contribution is 0.907. The molecule has 0 bridgehead atoms. The Kier molecular flexibility index (Phi) is 2.97. The van der Waals surface area contributed by atoms with Crippen LogP contribution in [-0.4, -0.2) is 29.1 Å². The molecule has 4 aromatic heterocycles. The Labute approximate surface area is 130 Å². The molecule has 4 aromatic rings. The lowest BCUT2D eigenvalue weighted by Gasteiger charge is -2.05. The molecule has 7 nitrogen and oxygen atoms in total. The Hall–Kier alpha value is -2.93. The van der Waals surface area contributed by atoms with E-state index in [2.05, 4.69) is 25.4 Å². The van der Waals surface area contributed by atoms with Crippen LogP contribution < -0.4 is 5.32 Å². The highest BCUT2D eigenvalue weighted by atomic mass is 35.5. The zero-order valence-corrected chi connectivity index (χ0v) is 12.0. The third kappa shape index (κ3) is 2.27. The van der Waals surface area contributed by atoms with Crippen LogP contribution in [0.1, 0.15) is 0 Å². The van der Waals surface area contributed by atoms with Crippen LogP contribution in [0.5, 0.6) is 0 Å². The number of rotatable bonds is 3. The lowest BCUT2D eigenvalue weighted by atomic mass is 10.4. The zero-order chi connectivity index (χ0) is 14.9. The number of nitrogens with one attached hydrogen (secondary N) is 1. The average Bonchev–Trinajstić information content (AvgIpc) is 3.17. The molecule has 8 heteroatoms. The highest BCUT2D eigenvalue weighted by Gasteiger charge is 2.08. The van der Waals surface area contributed by atoms with Gasteiger partial charge in [0.05, 0.1) is 6.20 Å². The van der Waals surface area contributed by atoms with Crippen molar-refractivity contribution in [1.29, 1.82) is 0 Å². The predicted molar refractivity (Wildman–Crippen MR) is 82.6 cm³/mol. The Morgan fingerprint density at radius 1 is 1.09 bits per heavy atom. The third-order valence-electron chi connectivity index (χ3n) is 3.11. The van der Waals surface area contributed by atoms with Crippen LogP contribution in [0.4, 0.5) is 11.6 Å². The van der Waals surface area contributed by atoms with Gasteiger partial charge in [-0.15, -0.1) is 5.10 Å². The van der Waals surface area contributed by atoms with Crippen molar-refractivity contribution in [2.75, 3.05) is 5.32 Å². The first-order valence-electron chi connectivity index (χ1n) is 6.53. The van der Waals surface area contributed by atoms with Crippen LogP contribution in [0, 0.1) is 0 Å². The summed E-state index contributed by atoms with van der Waals surface area (Å²) >= 11 is 5.93. The van der Waals surface area contributed by atoms with E-state index in [0.29, 0.717) is 11.6 Å². The summed E-state index contributed by atoms with van der Waals surface area (Å²) in [6.07, 6.45) is 7.05. The summed E-state index contributed by atoms with van der Waals surface area (Å²) in [5.41, 5.74) is 0.816. The monoisotopic (exact) mass is 311 g/mol. The van der Waals surface area contributed by atoms with Crippen molar-refractivity contribution in [3.05, 3.63) is 60.5 Å². The standard InChI is InChI=1S/C14H10ClN7/c15-14-19-13(10-4-3-7-22(10)20-14)18-11-8-21(9-17-11)12-5-1-2-6-16-12/h1-9H,(H,18,19,20). The van der Waals surface area contributed by atoms with Gasteiger partial charge in [-0.25, -0.2) is 14.5 Å². The maximum Gasteiger partial charge on any atom is 0.243 e. The van der Waals surface area contributed by atoms with Gasteiger partial charge in [-0.3, -0.25) is 4.57 Å². The van der Waals surface area contributed by atoms with E-state index in [1.807, 2.05) is 41.1 Å². The summed E-state index contributed by atoms with van der Waals surface area (Å²) < 4.78 is 3.48. The molecule has 0 radical (unpaired) electrons. The fourth-order valence-electron chi connectivity index (χ4n) is 2.14. The van der Waals surface area contributed by atoms with E-state index in [4.69, 9.17) is 11.6 Å². The molecule has 0 amide bonds. The van der Waals surface area contributed by atoms with E-state index in [1.54, 1.807) is 23.2 Å². The van der Waals surface area contributed by atoms with Crippen molar-refractivity contribution in [3.63, 3.8) is 0 Å². The van der Waals surface area contributed by atoms with Crippen molar-refractivity contribution in [2.24, 2.45) is 0 Å². The third-order valence-corrected chi connectivity index (χ3v) is 3.27. The quantitative estimate of drug-likeness (QED) is 0.630. The molecule has 4 rings (SSSR count). The zero-order valence-electron chi connectivity index (χ0n) is 11.3. The summed E-state index contributed by atoms with van der Waals surface area (Å²) in [5, 5.41) is 7.40. The van der Waals surface area contributed by atoms with Gasteiger partial charge in [0.2, 0.25) is 5.28 Å². The molecular formula is C14H10ClN7. The van der Waals surface area contributed by atoms with Crippen molar-refractivity contribution in [1.82, 2.24) is 29.1 Å². The summed E-state index contributed by atoms with van der Waals surface area (Å²) in [6, 6.07) is 9.46. The summed E-state index contributed by atoms with van der Waals surface area (Å²) in [4.78, 5) is 12.8. The number of hydrogen-bond acceptors (Lipinski definition) is 5. The molecule has 0 aromatic carbocycles. The molecule has 0 aliphatic carbocycles. The van der Waals surface area contributed by atoms with Crippen molar-refractivity contribution in [2.45, 2.75) is 0 Å². The van der Waals surface area contributed by atoms with E-state index < -0.39 is 0 Å². The lowest BCUT2D eigenvalue weighted by Crippen LogP contribution is -2.01. The number of nitrogens with zero attached hydrogens (tertiary/aromatic N) is 6. The number of aromatic nitrogens is 6. The van der Waals surface area contributed by atoms with Gasteiger partial charge in [0, 0.05) is 12.4 Å². The molecule has 1 N–H and O–H groups in total. The molecule has 4 heterocycles. The van der Waals surface area contributed by atoms with E-state index >= 15 is 0 Å². The SMILES string of the molecule is Clc1nc(Nc2cn(-c3ccccn3)cn2)c2cccn2n1. The molecule has 0 atom stereocenters. The minimum Gasteiger partial charge on any atom is -0.322 e. The number of pyridine rings is 1. The number of fused-ring (bicyclic) bond motifs is 1. The summed E-state index contributed by atoms with van der Waals surface area (Å²) in [7, 11) is 0. The normalized spacial score (nSPS) is 11.0. The highest BCUT2D eigenvalue weighted by Crippen LogP contribution is 2.20. The van der Waals surface area contributed by atoms with Gasteiger partial charge in [0.15, 0.2) is 5.82 Å². The first kappa shape index (κ1) is 12.8. The fourth-order valence-corrected chi connectivity index (χ4v) is 2.31. The molecule has 0 saturated carbocycles. The molecule has 22 heavy (non-hydrogen) atoms. The number of imidazole rings is 1. The molecule has 0 saturated heterocycles. The van der Waals surface area contributed by atoms with Crippen LogP contribution >= 0.6 is 11.6 Å². The minimum absolute atomic E-state index is 0.162. The van der Waals surface area contributed by atoms with E-state index in [1.165, 1.54) is 0 Å². The maximum absolute atomic E-state index is 5.93. The van der Waals surface area contributed by atoms with E-state index in [0.717, 1.165) is 11.3 Å². The molecule has 0 unspecified atom stereocenters. The van der Waals surface area contributed by atoms with E-state index in [9.17, 15) is 0 Å². The van der Waals surface area contributed by atoms with Gasteiger partial charge < -0.3 is 5.32 Å². The van der Waals surface area contributed by atoms with Gasteiger partial charge >= 0.3 is 0 Å². The second-order valence-corrected chi connectivity index (χ2v) is 4.88. The van der Waals surface area contributed by atoms with E-state index in [-0.39, 0.29) is 5.28 Å². The second kappa shape index (κ2) is 5.12. The fraction of sp³-hybridized carbons (Fsp3) is 0. The Morgan fingerprint density at radius 2 is 2.05 bits per heavy atom. The summed E-state index contributed by atoms with van der Waals surface area (Å²) in [6.45, 7) is 0. The van der Waals surface area contributed by atoms with Crippen LogP contribution in [0.15, 0.2) is 55.2 Å². The molecule has 108 valence electrons. The summed E-state index contributed by atoms with van der Waals surface area (Å²) in [5.74, 6) is 2.02. The molecule has 0 fully saturated rings. The number of halogens is 1. The van der Waals surface area contributed by atoms with Gasteiger partial charge in [0.25, 0.3) is 0 Å². The first-order chi connectivity index (χ1) is 10.8.